The molecule has 1 fully saturated rings. The van der Waals surface area contributed by atoms with E-state index >= 15 is 0 Å². The smallest absolute Gasteiger partial charge is 0.131 e. The van der Waals surface area contributed by atoms with Crippen LogP contribution in [0.15, 0.2) is 10.7 Å². The molecule has 1 N–H and O–H groups in total. The molecule has 1 aliphatic carbocycles. The zero-order valence-corrected chi connectivity index (χ0v) is 10.9. The molecule has 0 aliphatic heterocycles. The summed E-state index contributed by atoms with van der Waals surface area (Å²) >= 11 is 3.51. The van der Waals surface area contributed by atoms with Gasteiger partial charge >= 0.3 is 0 Å². The molecule has 0 aromatic carbocycles. The Labute approximate surface area is 98.8 Å². The highest BCUT2D eigenvalue weighted by molar-refractivity contribution is 9.10. The average molecular weight is 270 g/mol. The van der Waals surface area contributed by atoms with Crippen molar-refractivity contribution in [2.24, 2.45) is 0 Å². The average Bonchev–Trinajstić information content (AvgIpc) is 3.02. The van der Waals surface area contributed by atoms with Crippen molar-refractivity contribution >= 4 is 15.9 Å². The van der Waals surface area contributed by atoms with Gasteiger partial charge in [-0.2, -0.15) is 0 Å². The molecule has 0 saturated heterocycles. The van der Waals surface area contributed by atoms with Crippen LogP contribution in [0.25, 0.3) is 0 Å². The summed E-state index contributed by atoms with van der Waals surface area (Å²) in [6.45, 7) is 4.24. The van der Waals surface area contributed by atoms with Gasteiger partial charge in [-0.15, -0.1) is 0 Å². The Morgan fingerprint density at radius 3 is 2.67 bits per heavy atom. The van der Waals surface area contributed by atoms with Crippen molar-refractivity contribution in [3.05, 3.63) is 22.2 Å². The van der Waals surface area contributed by atoms with Crippen molar-refractivity contribution in [2.45, 2.75) is 38.1 Å². The fourth-order valence-electron chi connectivity index (χ4n) is 1.48. The standard InChI is InChI=1S/C11H16BrN3/c1-11(2,13-3)9-8(12)6-14-10(15-9)7-4-5-7/h6-7,13H,4-5H2,1-3H3. The van der Waals surface area contributed by atoms with Crippen molar-refractivity contribution in [1.82, 2.24) is 15.3 Å². The maximum absolute atomic E-state index is 4.66. The summed E-state index contributed by atoms with van der Waals surface area (Å²) in [4.78, 5) is 9.02. The highest BCUT2D eigenvalue weighted by Crippen LogP contribution is 2.39. The van der Waals surface area contributed by atoms with E-state index in [2.05, 4.69) is 45.1 Å². The maximum atomic E-state index is 4.66. The molecule has 3 nitrogen and oxygen atoms in total. The molecule has 82 valence electrons. The fraction of sp³-hybridized carbons (Fsp3) is 0.636. The second-order valence-electron chi connectivity index (χ2n) is 4.57. The quantitative estimate of drug-likeness (QED) is 0.917. The summed E-state index contributed by atoms with van der Waals surface area (Å²) in [5, 5.41) is 3.26. The third kappa shape index (κ3) is 2.21. The lowest BCUT2D eigenvalue weighted by Crippen LogP contribution is -2.35. The maximum Gasteiger partial charge on any atom is 0.131 e. The number of rotatable bonds is 3. The van der Waals surface area contributed by atoms with Gasteiger partial charge in [0, 0.05) is 12.1 Å². The molecule has 0 unspecified atom stereocenters. The van der Waals surface area contributed by atoms with E-state index in [1.807, 2.05) is 13.2 Å². The van der Waals surface area contributed by atoms with Gasteiger partial charge in [-0.25, -0.2) is 9.97 Å². The van der Waals surface area contributed by atoms with E-state index < -0.39 is 0 Å². The van der Waals surface area contributed by atoms with Gasteiger partial charge < -0.3 is 5.32 Å². The van der Waals surface area contributed by atoms with E-state index in [9.17, 15) is 0 Å². The zero-order valence-electron chi connectivity index (χ0n) is 9.34. The largest absolute Gasteiger partial charge is 0.310 e. The SMILES string of the molecule is CNC(C)(C)c1nc(C2CC2)ncc1Br. The lowest BCUT2D eigenvalue weighted by Gasteiger charge is -2.24. The number of hydrogen-bond acceptors (Lipinski definition) is 3. The molecule has 0 radical (unpaired) electrons. The molecule has 0 atom stereocenters. The topological polar surface area (TPSA) is 37.8 Å². The Hall–Kier alpha value is -0.480. The molecule has 4 heteroatoms. The van der Waals surface area contributed by atoms with E-state index in [4.69, 9.17) is 0 Å². The lowest BCUT2D eigenvalue weighted by molar-refractivity contribution is 0.426. The van der Waals surface area contributed by atoms with Crippen LogP contribution in [-0.4, -0.2) is 17.0 Å². The molecule has 1 aliphatic rings. The first-order chi connectivity index (χ1) is 7.04. The van der Waals surface area contributed by atoms with Gasteiger partial charge in [0.15, 0.2) is 0 Å². The summed E-state index contributed by atoms with van der Waals surface area (Å²) in [5.41, 5.74) is 0.924. The molecule has 1 aromatic rings. The second kappa shape index (κ2) is 3.83. The predicted molar refractivity (Wildman–Crippen MR) is 63.8 cm³/mol. The van der Waals surface area contributed by atoms with Crippen molar-refractivity contribution in [3.63, 3.8) is 0 Å². The van der Waals surface area contributed by atoms with Crippen molar-refractivity contribution in [3.8, 4) is 0 Å². The molecule has 1 aromatic heterocycles. The van der Waals surface area contributed by atoms with Crippen LogP contribution < -0.4 is 5.32 Å². The summed E-state index contributed by atoms with van der Waals surface area (Å²) in [6.07, 6.45) is 4.34. The molecule has 1 saturated carbocycles. The van der Waals surface area contributed by atoms with Crippen LogP contribution in [0.3, 0.4) is 0 Å². The Kier molecular flexibility index (Phi) is 2.81. The first kappa shape index (κ1) is 11.0. The fourth-order valence-corrected chi connectivity index (χ4v) is 2.16. The number of aromatic nitrogens is 2. The third-order valence-electron chi connectivity index (χ3n) is 2.92. The van der Waals surface area contributed by atoms with Gasteiger partial charge in [0.25, 0.3) is 0 Å². The molecule has 0 amide bonds. The van der Waals surface area contributed by atoms with Crippen LogP contribution >= 0.6 is 15.9 Å². The van der Waals surface area contributed by atoms with Crippen LogP contribution in [0.1, 0.15) is 44.1 Å². The van der Waals surface area contributed by atoms with E-state index in [0.29, 0.717) is 5.92 Å². The molecular weight excluding hydrogens is 254 g/mol. The molecule has 2 rings (SSSR count). The lowest BCUT2D eigenvalue weighted by atomic mass is 10.0. The summed E-state index contributed by atoms with van der Waals surface area (Å²) in [5.74, 6) is 1.60. The van der Waals surface area contributed by atoms with Crippen LogP contribution in [0.4, 0.5) is 0 Å². The number of nitrogens with zero attached hydrogens (tertiary/aromatic N) is 2. The van der Waals surface area contributed by atoms with Gasteiger partial charge in [0.2, 0.25) is 0 Å². The normalized spacial score (nSPS) is 16.8. The Morgan fingerprint density at radius 2 is 2.13 bits per heavy atom. The highest BCUT2D eigenvalue weighted by atomic mass is 79.9. The monoisotopic (exact) mass is 269 g/mol. The molecule has 1 heterocycles. The van der Waals surface area contributed by atoms with Gasteiger partial charge in [0.1, 0.15) is 5.82 Å². The van der Waals surface area contributed by atoms with Gasteiger partial charge in [-0.1, -0.05) is 0 Å². The summed E-state index contributed by atoms with van der Waals surface area (Å²) < 4.78 is 0.978. The van der Waals surface area contributed by atoms with Crippen LogP contribution in [0, 0.1) is 0 Å². The van der Waals surface area contributed by atoms with E-state index in [1.165, 1.54) is 12.8 Å². The minimum Gasteiger partial charge on any atom is -0.310 e. The van der Waals surface area contributed by atoms with E-state index in [1.54, 1.807) is 0 Å². The van der Waals surface area contributed by atoms with Crippen LogP contribution in [-0.2, 0) is 5.54 Å². The number of halogens is 1. The summed E-state index contributed by atoms with van der Waals surface area (Å²) in [6, 6.07) is 0. The highest BCUT2D eigenvalue weighted by Gasteiger charge is 2.30. The Bertz CT molecular complexity index is 372. The van der Waals surface area contributed by atoms with Crippen molar-refractivity contribution in [2.75, 3.05) is 7.05 Å². The predicted octanol–water partition coefficient (Wildman–Crippen LogP) is 2.57. The second-order valence-corrected chi connectivity index (χ2v) is 5.43. The van der Waals surface area contributed by atoms with Crippen molar-refractivity contribution in [1.29, 1.82) is 0 Å². The Balaban J connectivity index is 2.40. The minimum atomic E-state index is -0.120. The first-order valence-electron chi connectivity index (χ1n) is 5.26. The molecular formula is C11H16BrN3. The van der Waals surface area contributed by atoms with Gasteiger partial charge in [-0.05, 0) is 49.7 Å². The molecule has 0 spiro atoms. The van der Waals surface area contributed by atoms with Crippen LogP contribution in [0.2, 0.25) is 0 Å². The van der Waals surface area contributed by atoms with Gasteiger partial charge in [0.05, 0.1) is 15.7 Å². The van der Waals surface area contributed by atoms with E-state index in [-0.39, 0.29) is 5.54 Å². The number of nitrogens with one attached hydrogen (secondary N) is 1. The zero-order chi connectivity index (χ0) is 11.1. The molecule has 0 bridgehead atoms. The minimum absolute atomic E-state index is 0.120. The Morgan fingerprint density at radius 1 is 1.47 bits per heavy atom. The molecule has 15 heavy (non-hydrogen) atoms. The first-order valence-corrected chi connectivity index (χ1v) is 6.05. The summed E-state index contributed by atoms with van der Waals surface area (Å²) in [7, 11) is 1.95. The van der Waals surface area contributed by atoms with Crippen LogP contribution in [0.5, 0.6) is 0 Å². The third-order valence-corrected chi connectivity index (χ3v) is 3.50. The van der Waals surface area contributed by atoms with Gasteiger partial charge in [-0.3, -0.25) is 0 Å². The number of hydrogen-bond donors (Lipinski definition) is 1. The van der Waals surface area contributed by atoms with E-state index in [0.717, 1.165) is 16.0 Å². The van der Waals surface area contributed by atoms with Crippen molar-refractivity contribution < 1.29 is 0 Å².